The van der Waals surface area contributed by atoms with Crippen LogP contribution in [0.25, 0.3) is 10.8 Å². The van der Waals surface area contributed by atoms with Crippen molar-refractivity contribution in [1.82, 2.24) is 0 Å². The molecular formula is C15H16O2. The molecule has 0 atom stereocenters. The highest BCUT2D eigenvalue weighted by Gasteiger charge is 2.13. The second kappa shape index (κ2) is 5.00. The van der Waals surface area contributed by atoms with Crippen molar-refractivity contribution in [2.75, 3.05) is 0 Å². The molecule has 0 saturated carbocycles. The summed E-state index contributed by atoms with van der Waals surface area (Å²) in [6, 6.07) is 11.6. The summed E-state index contributed by atoms with van der Waals surface area (Å²) >= 11 is 0. The Morgan fingerprint density at radius 2 is 1.94 bits per heavy atom. The molecule has 2 heteroatoms. The van der Waals surface area contributed by atoms with E-state index in [0.29, 0.717) is 5.56 Å². The first kappa shape index (κ1) is 11.6. The van der Waals surface area contributed by atoms with Crippen LogP contribution in [0.3, 0.4) is 0 Å². The smallest absolute Gasteiger partial charge is 0.336 e. The molecular weight excluding hydrogens is 212 g/mol. The summed E-state index contributed by atoms with van der Waals surface area (Å²) < 4.78 is 0. The lowest BCUT2D eigenvalue weighted by Crippen LogP contribution is -2.03. The lowest BCUT2D eigenvalue weighted by atomic mass is 9.96. The number of carbonyl (C=O) groups is 1. The van der Waals surface area contributed by atoms with E-state index in [-0.39, 0.29) is 0 Å². The Labute approximate surface area is 101 Å². The zero-order valence-electron chi connectivity index (χ0n) is 9.94. The third-order valence-corrected chi connectivity index (χ3v) is 3.03. The Morgan fingerprint density at radius 1 is 1.18 bits per heavy atom. The van der Waals surface area contributed by atoms with Crippen molar-refractivity contribution in [3.8, 4) is 0 Å². The lowest BCUT2D eigenvalue weighted by Gasteiger charge is -2.09. The molecule has 0 amide bonds. The van der Waals surface area contributed by atoms with Crippen molar-refractivity contribution in [3.05, 3.63) is 47.5 Å². The molecule has 0 radical (unpaired) electrons. The summed E-state index contributed by atoms with van der Waals surface area (Å²) in [5.74, 6) is -0.826. The van der Waals surface area contributed by atoms with Crippen LogP contribution in [0.4, 0.5) is 0 Å². The van der Waals surface area contributed by atoms with Gasteiger partial charge in [0.15, 0.2) is 0 Å². The molecule has 0 aliphatic rings. The van der Waals surface area contributed by atoms with Gasteiger partial charge in [0.05, 0.1) is 5.56 Å². The van der Waals surface area contributed by atoms with Gasteiger partial charge in [-0.25, -0.2) is 4.79 Å². The van der Waals surface area contributed by atoms with Gasteiger partial charge in [-0.1, -0.05) is 49.7 Å². The third-order valence-electron chi connectivity index (χ3n) is 3.03. The number of hydrogen-bond donors (Lipinski definition) is 1. The summed E-state index contributed by atoms with van der Waals surface area (Å²) in [5, 5.41) is 11.2. The van der Waals surface area contributed by atoms with Crippen molar-refractivity contribution < 1.29 is 9.90 Å². The molecule has 88 valence electrons. The molecule has 17 heavy (non-hydrogen) atoms. The highest BCUT2D eigenvalue weighted by molar-refractivity contribution is 6.05. The van der Waals surface area contributed by atoms with E-state index in [1.165, 1.54) is 0 Å². The number of hydrogen-bond acceptors (Lipinski definition) is 1. The van der Waals surface area contributed by atoms with E-state index in [0.717, 1.165) is 35.6 Å². The third kappa shape index (κ3) is 2.31. The number of benzene rings is 2. The molecule has 0 aliphatic carbocycles. The second-order valence-electron chi connectivity index (χ2n) is 4.23. The Kier molecular flexibility index (Phi) is 3.43. The number of aryl methyl sites for hydroxylation is 1. The van der Waals surface area contributed by atoms with Gasteiger partial charge in [0.2, 0.25) is 0 Å². The van der Waals surface area contributed by atoms with Gasteiger partial charge in [-0.2, -0.15) is 0 Å². The highest BCUT2D eigenvalue weighted by atomic mass is 16.4. The first-order chi connectivity index (χ1) is 8.24. The van der Waals surface area contributed by atoms with Crippen molar-refractivity contribution in [1.29, 1.82) is 0 Å². The number of fused-ring (bicyclic) bond motifs is 1. The maximum absolute atomic E-state index is 11.4. The first-order valence-electron chi connectivity index (χ1n) is 5.98. The molecule has 2 rings (SSSR count). The minimum absolute atomic E-state index is 0.469. The zero-order chi connectivity index (χ0) is 12.3. The van der Waals surface area contributed by atoms with Crippen LogP contribution in [0.15, 0.2) is 36.4 Å². The molecule has 0 aliphatic heterocycles. The molecule has 0 heterocycles. The quantitative estimate of drug-likeness (QED) is 0.862. The number of carboxylic acids is 1. The van der Waals surface area contributed by atoms with Gasteiger partial charge >= 0.3 is 5.97 Å². The molecule has 0 unspecified atom stereocenters. The molecule has 2 aromatic carbocycles. The van der Waals surface area contributed by atoms with Crippen LogP contribution >= 0.6 is 0 Å². The average molecular weight is 228 g/mol. The fourth-order valence-electron chi connectivity index (χ4n) is 2.14. The summed E-state index contributed by atoms with van der Waals surface area (Å²) in [6.45, 7) is 2.11. The fraction of sp³-hybridized carbons (Fsp3) is 0.267. The van der Waals surface area contributed by atoms with E-state index in [9.17, 15) is 9.90 Å². The Morgan fingerprint density at radius 3 is 2.65 bits per heavy atom. The van der Waals surface area contributed by atoms with E-state index in [2.05, 4.69) is 6.92 Å². The molecule has 0 aromatic heterocycles. The van der Waals surface area contributed by atoms with E-state index >= 15 is 0 Å². The lowest BCUT2D eigenvalue weighted by molar-refractivity contribution is 0.0698. The maximum Gasteiger partial charge on any atom is 0.336 e. The zero-order valence-corrected chi connectivity index (χ0v) is 9.94. The highest BCUT2D eigenvalue weighted by Crippen LogP contribution is 2.23. The van der Waals surface area contributed by atoms with Crippen molar-refractivity contribution in [2.24, 2.45) is 0 Å². The molecule has 0 bridgehead atoms. The number of unbranched alkanes of at least 4 members (excludes halogenated alkanes) is 1. The number of aromatic carboxylic acids is 1. The van der Waals surface area contributed by atoms with Gasteiger partial charge in [-0.15, -0.1) is 0 Å². The van der Waals surface area contributed by atoms with E-state index in [4.69, 9.17) is 0 Å². The van der Waals surface area contributed by atoms with Crippen molar-refractivity contribution in [2.45, 2.75) is 26.2 Å². The molecule has 2 aromatic rings. The topological polar surface area (TPSA) is 37.3 Å². The Bertz CT molecular complexity index is 544. The van der Waals surface area contributed by atoms with E-state index in [1.54, 1.807) is 0 Å². The summed E-state index contributed by atoms with van der Waals surface area (Å²) in [7, 11) is 0. The van der Waals surface area contributed by atoms with E-state index < -0.39 is 5.97 Å². The van der Waals surface area contributed by atoms with Gasteiger partial charge in [0, 0.05) is 0 Å². The van der Waals surface area contributed by atoms with Gasteiger partial charge in [-0.3, -0.25) is 0 Å². The summed E-state index contributed by atoms with van der Waals surface area (Å²) in [5.41, 5.74) is 1.41. The molecule has 0 spiro atoms. The average Bonchev–Trinajstić information content (AvgIpc) is 2.35. The SMILES string of the molecule is CCCCc1ccc2ccccc2c1C(=O)O. The van der Waals surface area contributed by atoms with E-state index in [1.807, 2.05) is 36.4 Å². The van der Waals surface area contributed by atoms with Crippen LogP contribution < -0.4 is 0 Å². The van der Waals surface area contributed by atoms with Crippen LogP contribution in [0.5, 0.6) is 0 Å². The monoisotopic (exact) mass is 228 g/mol. The standard InChI is InChI=1S/C15H16O2/c1-2-3-6-12-10-9-11-7-4-5-8-13(11)14(12)15(16)17/h4-5,7-10H,2-3,6H2,1H3,(H,16,17). The maximum atomic E-state index is 11.4. The predicted octanol–water partition coefficient (Wildman–Crippen LogP) is 3.88. The molecule has 0 fully saturated rings. The summed E-state index contributed by atoms with van der Waals surface area (Å²) in [4.78, 5) is 11.4. The summed E-state index contributed by atoms with van der Waals surface area (Å²) in [6.07, 6.45) is 2.94. The molecule has 2 nitrogen and oxygen atoms in total. The van der Waals surface area contributed by atoms with Crippen LogP contribution in [-0.2, 0) is 6.42 Å². The van der Waals surface area contributed by atoms with Crippen molar-refractivity contribution >= 4 is 16.7 Å². The van der Waals surface area contributed by atoms with Gasteiger partial charge in [0.1, 0.15) is 0 Å². The number of carboxylic acid groups (broad SMARTS) is 1. The second-order valence-corrected chi connectivity index (χ2v) is 4.23. The minimum atomic E-state index is -0.826. The van der Waals surface area contributed by atoms with Gasteiger partial charge in [0.25, 0.3) is 0 Å². The minimum Gasteiger partial charge on any atom is -0.478 e. The van der Waals surface area contributed by atoms with Crippen LogP contribution in [0, 0.1) is 0 Å². The largest absolute Gasteiger partial charge is 0.478 e. The van der Waals surface area contributed by atoms with Gasteiger partial charge in [-0.05, 0) is 29.2 Å². The normalized spacial score (nSPS) is 10.6. The predicted molar refractivity (Wildman–Crippen MR) is 69.5 cm³/mol. The number of rotatable bonds is 4. The van der Waals surface area contributed by atoms with Gasteiger partial charge < -0.3 is 5.11 Å². The fourth-order valence-corrected chi connectivity index (χ4v) is 2.14. The molecule has 1 N–H and O–H groups in total. The van der Waals surface area contributed by atoms with Crippen molar-refractivity contribution in [3.63, 3.8) is 0 Å². The Balaban J connectivity index is 2.60. The first-order valence-corrected chi connectivity index (χ1v) is 5.98. The molecule has 0 saturated heterocycles. The Hall–Kier alpha value is -1.83. The van der Waals surface area contributed by atoms with Crippen LogP contribution in [-0.4, -0.2) is 11.1 Å². The van der Waals surface area contributed by atoms with Crippen LogP contribution in [0.1, 0.15) is 35.7 Å². The van der Waals surface area contributed by atoms with Crippen LogP contribution in [0.2, 0.25) is 0 Å².